The lowest BCUT2D eigenvalue weighted by atomic mass is 9.77. The van der Waals surface area contributed by atoms with Crippen molar-refractivity contribution < 1.29 is 4.79 Å². The van der Waals surface area contributed by atoms with E-state index in [4.69, 9.17) is 0 Å². The minimum Gasteiger partial charge on any atom is -0.289 e. The predicted molar refractivity (Wildman–Crippen MR) is 128 cm³/mol. The molecule has 4 rings (SSSR count). The van der Waals surface area contributed by atoms with Crippen molar-refractivity contribution in [3.63, 3.8) is 0 Å². The number of carbonyl (C=O) groups is 1. The summed E-state index contributed by atoms with van der Waals surface area (Å²) in [4.78, 5) is 13.3. The molecule has 0 unspecified atom stereocenters. The normalized spacial score (nSPS) is 19.7. The standard InChI is InChI=1S/C26H20Br2O/c27-24-10-4-6-18(14-24)12-22-16-21(20-8-2-1-3-9-20)17-23(26(22)29)13-19-7-5-11-25(28)15-19/h1-15,21H,16-17H2/b22-12+,23-13+. The van der Waals surface area contributed by atoms with Gasteiger partial charge in [-0.15, -0.1) is 0 Å². The van der Waals surface area contributed by atoms with Crippen LogP contribution in [0.4, 0.5) is 0 Å². The summed E-state index contributed by atoms with van der Waals surface area (Å²) in [6.45, 7) is 0. The Labute approximate surface area is 188 Å². The Hall–Kier alpha value is -2.23. The quantitative estimate of drug-likeness (QED) is 0.330. The van der Waals surface area contributed by atoms with Crippen LogP contribution in [0.5, 0.6) is 0 Å². The predicted octanol–water partition coefficient (Wildman–Crippen LogP) is 7.83. The summed E-state index contributed by atoms with van der Waals surface area (Å²) in [5, 5.41) is 0. The summed E-state index contributed by atoms with van der Waals surface area (Å²) in [7, 11) is 0. The first kappa shape index (κ1) is 20.1. The Balaban J connectivity index is 1.75. The molecule has 3 aromatic rings. The molecule has 3 aromatic carbocycles. The molecule has 0 radical (unpaired) electrons. The van der Waals surface area contributed by atoms with E-state index < -0.39 is 0 Å². The van der Waals surface area contributed by atoms with Crippen molar-refractivity contribution >= 4 is 49.8 Å². The average Bonchev–Trinajstić information content (AvgIpc) is 2.71. The highest BCUT2D eigenvalue weighted by Crippen LogP contribution is 2.38. The van der Waals surface area contributed by atoms with Gasteiger partial charge in [0.1, 0.15) is 0 Å². The zero-order valence-corrected chi connectivity index (χ0v) is 19.0. The van der Waals surface area contributed by atoms with Gasteiger partial charge in [-0.3, -0.25) is 4.79 Å². The second kappa shape index (κ2) is 9.06. The third-order valence-electron chi connectivity index (χ3n) is 5.17. The van der Waals surface area contributed by atoms with E-state index in [1.165, 1.54) is 5.56 Å². The lowest BCUT2D eigenvalue weighted by molar-refractivity contribution is -0.113. The highest BCUT2D eigenvalue weighted by atomic mass is 79.9. The minimum absolute atomic E-state index is 0.150. The molecule has 0 bridgehead atoms. The zero-order chi connectivity index (χ0) is 20.2. The maximum Gasteiger partial charge on any atom is 0.185 e. The van der Waals surface area contributed by atoms with Crippen LogP contribution >= 0.6 is 31.9 Å². The fraction of sp³-hybridized carbons (Fsp3) is 0.115. The lowest BCUT2D eigenvalue weighted by Gasteiger charge is -2.26. The van der Waals surface area contributed by atoms with Gasteiger partial charge in [0.05, 0.1) is 0 Å². The molecule has 1 saturated carbocycles. The molecule has 0 aromatic heterocycles. The molecule has 0 amide bonds. The van der Waals surface area contributed by atoms with Crippen molar-refractivity contribution in [1.29, 1.82) is 0 Å². The van der Waals surface area contributed by atoms with E-state index in [1.807, 2.05) is 66.7 Å². The third kappa shape index (κ3) is 5.04. The van der Waals surface area contributed by atoms with Gasteiger partial charge < -0.3 is 0 Å². The number of hydrogen-bond acceptors (Lipinski definition) is 1. The van der Waals surface area contributed by atoms with E-state index in [9.17, 15) is 4.79 Å². The third-order valence-corrected chi connectivity index (χ3v) is 6.15. The molecule has 0 aliphatic heterocycles. The molecule has 1 aliphatic rings. The summed E-state index contributed by atoms with van der Waals surface area (Å²) >= 11 is 7.05. The van der Waals surface area contributed by atoms with Crippen molar-refractivity contribution in [2.24, 2.45) is 0 Å². The molecular weight excluding hydrogens is 488 g/mol. The molecule has 0 saturated heterocycles. The largest absolute Gasteiger partial charge is 0.289 e. The molecule has 0 N–H and O–H groups in total. The second-order valence-corrected chi connectivity index (χ2v) is 9.13. The van der Waals surface area contributed by atoms with Crippen LogP contribution < -0.4 is 0 Å². The maximum atomic E-state index is 13.3. The number of halogens is 2. The van der Waals surface area contributed by atoms with Gasteiger partial charge in [0.15, 0.2) is 5.78 Å². The first-order valence-electron chi connectivity index (χ1n) is 9.60. The van der Waals surface area contributed by atoms with Gasteiger partial charge >= 0.3 is 0 Å². The first-order valence-corrected chi connectivity index (χ1v) is 11.2. The second-order valence-electron chi connectivity index (χ2n) is 7.29. The molecule has 1 aliphatic carbocycles. The van der Waals surface area contributed by atoms with Gasteiger partial charge in [-0.25, -0.2) is 0 Å². The smallest absolute Gasteiger partial charge is 0.185 e. The van der Waals surface area contributed by atoms with Gasteiger partial charge in [0, 0.05) is 20.1 Å². The molecule has 144 valence electrons. The van der Waals surface area contributed by atoms with Crippen LogP contribution in [0.15, 0.2) is 99.0 Å². The van der Waals surface area contributed by atoms with Crippen molar-refractivity contribution in [2.75, 3.05) is 0 Å². The van der Waals surface area contributed by atoms with Crippen LogP contribution in [0.25, 0.3) is 12.2 Å². The molecular formula is C26H20Br2O. The number of carbonyl (C=O) groups excluding carboxylic acids is 1. The molecule has 1 fully saturated rings. The number of benzene rings is 3. The molecule has 0 heterocycles. The van der Waals surface area contributed by atoms with Gasteiger partial charge in [-0.05, 0) is 71.9 Å². The highest BCUT2D eigenvalue weighted by molar-refractivity contribution is 9.10. The van der Waals surface area contributed by atoms with E-state index in [-0.39, 0.29) is 5.78 Å². The molecule has 29 heavy (non-hydrogen) atoms. The Kier molecular flexibility index (Phi) is 6.27. The average molecular weight is 508 g/mol. The van der Waals surface area contributed by atoms with Crippen LogP contribution in [0.2, 0.25) is 0 Å². The van der Waals surface area contributed by atoms with Crippen LogP contribution in [-0.2, 0) is 4.79 Å². The number of hydrogen-bond donors (Lipinski definition) is 0. The minimum atomic E-state index is 0.150. The summed E-state index contributed by atoms with van der Waals surface area (Å²) in [6, 6.07) is 26.6. The van der Waals surface area contributed by atoms with Gasteiger partial charge in [-0.1, -0.05) is 86.5 Å². The fourth-order valence-corrected chi connectivity index (χ4v) is 4.63. The monoisotopic (exact) mass is 506 g/mol. The van der Waals surface area contributed by atoms with Crippen LogP contribution in [0, 0.1) is 0 Å². The highest BCUT2D eigenvalue weighted by Gasteiger charge is 2.28. The summed E-state index contributed by atoms with van der Waals surface area (Å²) in [5.74, 6) is 0.447. The number of Topliss-reactive ketones (excluding diaryl/α,β-unsaturated/α-hetero) is 1. The van der Waals surface area contributed by atoms with E-state index in [1.54, 1.807) is 0 Å². The summed E-state index contributed by atoms with van der Waals surface area (Å²) in [5.41, 5.74) is 5.09. The van der Waals surface area contributed by atoms with Crippen LogP contribution in [0.1, 0.15) is 35.4 Å². The fourth-order valence-electron chi connectivity index (χ4n) is 3.80. The van der Waals surface area contributed by atoms with Gasteiger partial charge in [0.2, 0.25) is 0 Å². The van der Waals surface area contributed by atoms with E-state index >= 15 is 0 Å². The Bertz CT molecular complexity index is 1030. The maximum absolute atomic E-state index is 13.3. The van der Waals surface area contributed by atoms with Crippen molar-refractivity contribution in [2.45, 2.75) is 18.8 Å². The van der Waals surface area contributed by atoms with Crippen molar-refractivity contribution in [1.82, 2.24) is 0 Å². The number of rotatable bonds is 3. The van der Waals surface area contributed by atoms with Gasteiger partial charge in [-0.2, -0.15) is 0 Å². The lowest BCUT2D eigenvalue weighted by Crippen LogP contribution is -2.19. The SMILES string of the molecule is O=C1/C(=C/c2cccc(Br)c2)CC(c2ccccc2)C/C1=C\c1cccc(Br)c1. The van der Waals surface area contributed by atoms with E-state index in [0.717, 1.165) is 44.1 Å². The summed E-state index contributed by atoms with van der Waals surface area (Å²) < 4.78 is 2.03. The number of allylic oxidation sites excluding steroid dienone is 2. The van der Waals surface area contributed by atoms with Crippen molar-refractivity contribution in [3.8, 4) is 0 Å². The Morgan fingerprint density at radius 3 is 1.69 bits per heavy atom. The Morgan fingerprint density at radius 1 is 0.690 bits per heavy atom. The van der Waals surface area contributed by atoms with Gasteiger partial charge in [0.25, 0.3) is 0 Å². The topological polar surface area (TPSA) is 17.1 Å². The molecule has 0 spiro atoms. The molecule has 1 nitrogen and oxygen atoms in total. The van der Waals surface area contributed by atoms with E-state index in [0.29, 0.717) is 5.92 Å². The van der Waals surface area contributed by atoms with Crippen LogP contribution in [-0.4, -0.2) is 5.78 Å². The zero-order valence-electron chi connectivity index (χ0n) is 15.8. The summed E-state index contributed by atoms with van der Waals surface area (Å²) in [6.07, 6.45) is 5.59. The van der Waals surface area contributed by atoms with Crippen LogP contribution in [0.3, 0.4) is 0 Å². The first-order chi connectivity index (χ1) is 14.1. The Morgan fingerprint density at radius 2 is 1.21 bits per heavy atom. The number of ketones is 1. The molecule has 0 atom stereocenters. The van der Waals surface area contributed by atoms with Crippen molar-refractivity contribution in [3.05, 3.63) is 116 Å². The molecule has 3 heteroatoms. The van der Waals surface area contributed by atoms with E-state index in [2.05, 4.69) is 56.1 Å².